The molecule has 0 amide bonds. The molecule has 0 aliphatic rings. The Bertz CT molecular complexity index is 579. The van der Waals surface area contributed by atoms with Gasteiger partial charge in [-0.15, -0.1) is 0 Å². The third-order valence-electron chi connectivity index (χ3n) is 2.51. The molecule has 2 rings (SSSR count). The molecule has 0 aliphatic carbocycles. The van der Waals surface area contributed by atoms with E-state index in [2.05, 4.69) is 0 Å². The molecule has 4 heteroatoms. The van der Waals surface area contributed by atoms with E-state index < -0.39 is 5.82 Å². The van der Waals surface area contributed by atoms with Crippen LogP contribution in [0.2, 0.25) is 10.0 Å². The van der Waals surface area contributed by atoms with Crippen molar-refractivity contribution in [3.8, 4) is 0 Å². The number of rotatable bonds is 3. The average Bonchev–Trinajstić information content (AvgIpc) is 2.35. The predicted octanol–water partition coefficient (Wildman–Crippen LogP) is 4.56. The topological polar surface area (TPSA) is 17.1 Å². The second-order valence-corrected chi connectivity index (χ2v) is 4.69. The number of carbonyl (C=O) groups excluding carboxylic acids is 1. The Morgan fingerprint density at radius 2 is 1.72 bits per heavy atom. The van der Waals surface area contributed by atoms with Gasteiger partial charge < -0.3 is 0 Å². The van der Waals surface area contributed by atoms with Crippen molar-refractivity contribution in [1.82, 2.24) is 0 Å². The maximum atomic E-state index is 13.1. The van der Waals surface area contributed by atoms with Crippen LogP contribution in [0.5, 0.6) is 0 Å². The number of halogens is 3. The Morgan fingerprint density at radius 1 is 1.06 bits per heavy atom. The zero-order chi connectivity index (χ0) is 13.1. The summed E-state index contributed by atoms with van der Waals surface area (Å²) in [5.74, 6) is -0.694. The molecule has 0 N–H and O–H groups in total. The highest BCUT2D eigenvalue weighted by Crippen LogP contribution is 2.19. The Kier molecular flexibility index (Phi) is 4.00. The third-order valence-corrected chi connectivity index (χ3v) is 3.09. The van der Waals surface area contributed by atoms with Crippen LogP contribution in [0, 0.1) is 5.82 Å². The van der Waals surface area contributed by atoms with Crippen LogP contribution in [0.15, 0.2) is 42.5 Å². The van der Waals surface area contributed by atoms with Gasteiger partial charge in [-0.3, -0.25) is 4.79 Å². The van der Waals surface area contributed by atoms with Gasteiger partial charge in [0.05, 0.1) is 5.02 Å². The normalized spacial score (nSPS) is 10.4. The lowest BCUT2D eigenvalue weighted by atomic mass is 10.0. The van der Waals surface area contributed by atoms with Crippen molar-refractivity contribution < 1.29 is 9.18 Å². The van der Waals surface area contributed by atoms with Gasteiger partial charge in [0.1, 0.15) is 5.82 Å². The first kappa shape index (κ1) is 13.1. The molecular formula is C14H9Cl2FO. The largest absolute Gasteiger partial charge is 0.294 e. The summed E-state index contributed by atoms with van der Waals surface area (Å²) in [6, 6.07) is 10.7. The van der Waals surface area contributed by atoms with E-state index in [9.17, 15) is 9.18 Å². The Hall–Kier alpha value is -1.38. The summed E-state index contributed by atoms with van der Waals surface area (Å²) in [7, 11) is 0. The Labute approximate surface area is 114 Å². The fourth-order valence-corrected chi connectivity index (χ4v) is 1.94. The molecule has 0 saturated carbocycles. The first-order chi connectivity index (χ1) is 8.56. The Balaban J connectivity index is 2.21. The van der Waals surface area contributed by atoms with Crippen molar-refractivity contribution in [2.24, 2.45) is 0 Å². The summed E-state index contributed by atoms with van der Waals surface area (Å²) < 4.78 is 13.1. The van der Waals surface area contributed by atoms with Crippen molar-refractivity contribution in [3.05, 3.63) is 69.5 Å². The fourth-order valence-electron chi connectivity index (χ4n) is 1.59. The van der Waals surface area contributed by atoms with Crippen LogP contribution in [-0.2, 0) is 6.42 Å². The number of benzene rings is 2. The molecule has 2 aromatic rings. The molecule has 0 bridgehead atoms. The summed E-state index contributed by atoms with van der Waals surface area (Å²) in [4.78, 5) is 12.0. The zero-order valence-electron chi connectivity index (χ0n) is 9.29. The number of carbonyl (C=O) groups is 1. The molecule has 0 aliphatic heterocycles. The van der Waals surface area contributed by atoms with Crippen LogP contribution in [0.1, 0.15) is 15.9 Å². The number of hydrogen-bond donors (Lipinski definition) is 0. The SMILES string of the molecule is O=C(Cc1ccc(Cl)cc1)c1cc(F)ccc1Cl. The molecule has 0 aromatic heterocycles. The van der Waals surface area contributed by atoms with Crippen molar-refractivity contribution >= 4 is 29.0 Å². The highest BCUT2D eigenvalue weighted by atomic mass is 35.5. The van der Waals surface area contributed by atoms with E-state index in [0.717, 1.165) is 11.6 Å². The van der Waals surface area contributed by atoms with Crippen LogP contribution >= 0.6 is 23.2 Å². The zero-order valence-corrected chi connectivity index (χ0v) is 10.8. The molecule has 0 unspecified atom stereocenters. The van der Waals surface area contributed by atoms with Gasteiger partial charge in [-0.1, -0.05) is 35.3 Å². The predicted molar refractivity (Wildman–Crippen MR) is 70.9 cm³/mol. The minimum absolute atomic E-state index is 0.167. The van der Waals surface area contributed by atoms with Gasteiger partial charge in [-0.2, -0.15) is 0 Å². The molecule has 0 saturated heterocycles. The lowest BCUT2D eigenvalue weighted by Gasteiger charge is -2.04. The first-order valence-electron chi connectivity index (χ1n) is 5.29. The van der Waals surface area contributed by atoms with E-state index in [0.29, 0.717) is 5.02 Å². The molecule has 1 nitrogen and oxygen atoms in total. The number of ketones is 1. The second kappa shape index (κ2) is 5.51. The minimum atomic E-state index is -0.473. The summed E-state index contributed by atoms with van der Waals surface area (Å²) in [5.41, 5.74) is 1.01. The molecule has 0 radical (unpaired) electrons. The molecule has 18 heavy (non-hydrogen) atoms. The summed E-state index contributed by atoms with van der Waals surface area (Å²) in [6.07, 6.45) is 0.167. The average molecular weight is 283 g/mol. The van der Waals surface area contributed by atoms with Gasteiger partial charge in [0.2, 0.25) is 0 Å². The van der Waals surface area contributed by atoms with E-state index in [4.69, 9.17) is 23.2 Å². The Morgan fingerprint density at radius 3 is 2.39 bits per heavy atom. The summed E-state index contributed by atoms with van der Waals surface area (Å²) in [5, 5.41) is 0.866. The van der Waals surface area contributed by atoms with Gasteiger partial charge in [0, 0.05) is 17.0 Å². The first-order valence-corrected chi connectivity index (χ1v) is 6.04. The number of hydrogen-bond acceptors (Lipinski definition) is 1. The van der Waals surface area contributed by atoms with E-state index in [1.807, 2.05) is 0 Å². The van der Waals surface area contributed by atoms with Gasteiger partial charge in [-0.05, 0) is 35.9 Å². The standard InChI is InChI=1S/C14H9Cl2FO/c15-10-3-1-9(2-4-10)7-14(18)12-8-11(17)5-6-13(12)16/h1-6,8H,7H2. The van der Waals surface area contributed by atoms with Crippen LogP contribution in [-0.4, -0.2) is 5.78 Å². The van der Waals surface area contributed by atoms with E-state index >= 15 is 0 Å². The molecule has 0 spiro atoms. The van der Waals surface area contributed by atoms with Crippen LogP contribution < -0.4 is 0 Å². The number of Topliss-reactive ketones (excluding diaryl/α,β-unsaturated/α-hetero) is 1. The molecule has 0 atom stereocenters. The quantitative estimate of drug-likeness (QED) is 0.755. The minimum Gasteiger partial charge on any atom is -0.294 e. The second-order valence-electron chi connectivity index (χ2n) is 3.85. The highest BCUT2D eigenvalue weighted by molar-refractivity contribution is 6.34. The van der Waals surface area contributed by atoms with Gasteiger partial charge >= 0.3 is 0 Å². The van der Waals surface area contributed by atoms with Gasteiger partial charge in [0.15, 0.2) is 5.78 Å². The van der Waals surface area contributed by atoms with Gasteiger partial charge in [-0.25, -0.2) is 4.39 Å². The fraction of sp³-hybridized carbons (Fsp3) is 0.0714. The van der Waals surface area contributed by atoms with E-state index in [1.54, 1.807) is 24.3 Å². The highest BCUT2D eigenvalue weighted by Gasteiger charge is 2.12. The molecule has 0 heterocycles. The van der Waals surface area contributed by atoms with E-state index in [1.165, 1.54) is 12.1 Å². The maximum Gasteiger partial charge on any atom is 0.168 e. The van der Waals surface area contributed by atoms with Crippen molar-refractivity contribution in [2.45, 2.75) is 6.42 Å². The smallest absolute Gasteiger partial charge is 0.168 e. The van der Waals surface area contributed by atoms with Crippen LogP contribution in [0.4, 0.5) is 4.39 Å². The third kappa shape index (κ3) is 3.09. The van der Waals surface area contributed by atoms with E-state index in [-0.39, 0.29) is 22.8 Å². The van der Waals surface area contributed by atoms with Crippen molar-refractivity contribution in [1.29, 1.82) is 0 Å². The monoisotopic (exact) mass is 282 g/mol. The summed E-state index contributed by atoms with van der Waals surface area (Å²) in [6.45, 7) is 0. The molecular weight excluding hydrogens is 274 g/mol. The molecule has 92 valence electrons. The van der Waals surface area contributed by atoms with Gasteiger partial charge in [0.25, 0.3) is 0 Å². The molecule has 0 fully saturated rings. The van der Waals surface area contributed by atoms with Crippen molar-refractivity contribution in [2.75, 3.05) is 0 Å². The summed E-state index contributed by atoms with van der Waals surface area (Å²) >= 11 is 11.6. The van der Waals surface area contributed by atoms with Crippen LogP contribution in [0.3, 0.4) is 0 Å². The lowest BCUT2D eigenvalue weighted by Crippen LogP contribution is -2.04. The lowest BCUT2D eigenvalue weighted by molar-refractivity contribution is 0.0992. The molecule has 2 aromatic carbocycles. The van der Waals surface area contributed by atoms with Crippen molar-refractivity contribution in [3.63, 3.8) is 0 Å². The van der Waals surface area contributed by atoms with Crippen LogP contribution in [0.25, 0.3) is 0 Å². The maximum absolute atomic E-state index is 13.1.